The zero-order valence-corrected chi connectivity index (χ0v) is 10.8. The van der Waals surface area contributed by atoms with Gasteiger partial charge in [-0.15, -0.1) is 0 Å². The minimum absolute atomic E-state index is 0.0403. The average Bonchev–Trinajstić information content (AvgIpc) is 2.33. The molecule has 0 bridgehead atoms. The smallest absolute Gasteiger partial charge is 0.326 e. The van der Waals surface area contributed by atoms with Gasteiger partial charge in [0.05, 0.1) is 6.61 Å². The summed E-state index contributed by atoms with van der Waals surface area (Å²) in [6, 6.07) is -1.59. The highest BCUT2D eigenvalue weighted by atomic mass is 19.3. The molecule has 6 nitrogen and oxygen atoms in total. The molecule has 0 spiro atoms. The van der Waals surface area contributed by atoms with Gasteiger partial charge in [0.25, 0.3) is 6.43 Å². The van der Waals surface area contributed by atoms with Crippen LogP contribution in [0.5, 0.6) is 0 Å². The molecule has 1 atom stereocenters. The van der Waals surface area contributed by atoms with E-state index in [1.807, 2.05) is 6.92 Å². The van der Waals surface area contributed by atoms with Crippen LogP contribution >= 0.6 is 0 Å². The highest BCUT2D eigenvalue weighted by Crippen LogP contribution is 2.00. The first-order chi connectivity index (χ1) is 8.97. The van der Waals surface area contributed by atoms with Crippen molar-refractivity contribution in [1.29, 1.82) is 0 Å². The molecule has 0 unspecified atom stereocenters. The van der Waals surface area contributed by atoms with E-state index >= 15 is 0 Å². The molecule has 0 saturated carbocycles. The fourth-order valence-corrected chi connectivity index (χ4v) is 1.28. The maximum Gasteiger partial charge on any atom is 0.326 e. The van der Waals surface area contributed by atoms with Crippen molar-refractivity contribution in [3.8, 4) is 0 Å². The number of aliphatic carboxylic acids is 1. The van der Waals surface area contributed by atoms with E-state index in [0.717, 1.165) is 6.42 Å². The zero-order chi connectivity index (χ0) is 14.7. The average molecular weight is 282 g/mol. The molecule has 0 fully saturated rings. The van der Waals surface area contributed by atoms with Crippen LogP contribution in [0.2, 0.25) is 0 Å². The quantitative estimate of drug-likeness (QED) is 0.526. The van der Waals surface area contributed by atoms with Crippen LogP contribution in [-0.4, -0.2) is 49.3 Å². The first-order valence-electron chi connectivity index (χ1n) is 6.10. The summed E-state index contributed by atoms with van der Waals surface area (Å²) in [5, 5.41) is 13.5. The summed E-state index contributed by atoms with van der Waals surface area (Å²) in [5.41, 5.74) is 0. The van der Waals surface area contributed by atoms with Crippen LogP contribution in [0.3, 0.4) is 0 Å². The molecule has 0 aromatic carbocycles. The van der Waals surface area contributed by atoms with Crippen molar-refractivity contribution in [2.75, 3.05) is 19.8 Å². The van der Waals surface area contributed by atoms with Crippen LogP contribution < -0.4 is 10.6 Å². The molecule has 0 rings (SSSR count). The summed E-state index contributed by atoms with van der Waals surface area (Å²) in [4.78, 5) is 22.2. The Morgan fingerprint density at radius 1 is 1.37 bits per heavy atom. The van der Waals surface area contributed by atoms with E-state index < -0.39 is 31.1 Å². The third kappa shape index (κ3) is 10.2. The molecule has 0 aliphatic rings. The fraction of sp³-hybridized carbons (Fsp3) is 0.818. The summed E-state index contributed by atoms with van der Waals surface area (Å²) in [6.07, 6.45) is -0.677. The lowest BCUT2D eigenvalue weighted by Crippen LogP contribution is -2.46. The van der Waals surface area contributed by atoms with Crippen LogP contribution in [0.25, 0.3) is 0 Å². The number of nitrogens with one attached hydrogen (secondary N) is 2. The highest BCUT2D eigenvalue weighted by Gasteiger charge is 2.18. The van der Waals surface area contributed by atoms with Crippen molar-refractivity contribution < 1.29 is 28.2 Å². The van der Waals surface area contributed by atoms with E-state index in [1.165, 1.54) is 0 Å². The molecule has 0 aromatic heterocycles. The van der Waals surface area contributed by atoms with Gasteiger partial charge in [0.1, 0.15) is 12.6 Å². The Bertz CT molecular complexity index is 277. The van der Waals surface area contributed by atoms with E-state index in [2.05, 4.69) is 15.4 Å². The van der Waals surface area contributed by atoms with Gasteiger partial charge in [-0.25, -0.2) is 18.4 Å². The van der Waals surface area contributed by atoms with Crippen LogP contribution in [0.15, 0.2) is 0 Å². The summed E-state index contributed by atoms with van der Waals surface area (Å²) >= 11 is 0. The molecule has 3 N–H and O–H groups in total. The number of ether oxygens (including phenoxy) is 1. The first-order valence-corrected chi connectivity index (χ1v) is 6.10. The van der Waals surface area contributed by atoms with Gasteiger partial charge in [-0.2, -0.15) is 0 Å². The van der Waals surface area contributed by atoms with Gasteiger partial charge in [-0.1, -0.05) is 19.8 Å². The second kappa shape index (κ2) is 10.5. The number of carbonyl (C=O) groups is 2. The molecule has 2 amide bonds. The maximum absolute atomic E-state index is 11.7. The maximum atomic E-state index is 11.7. The molecule has 8 heteroatoms. The van der Waals surface area contributed by atoms with Gasteiger partial charge >= 0.3 is 12.0 Å². The molecule has 0 radical (unpaired) electrons. The zero-order valence-electron chi connectivity index (χ0n) is 10.8. The molecule has 112 valence electrons. The molecular weight excluding hydrogens is 262 g/mol. The Morgan fingerprint density at radius 3 is 2.58 bits per heavy atom. The monoisotopic (exact) mass is 282 g/mol. The summed E-state index contributed by atoms with van der Waals surface area (Å²) < 4.78 is 28.0. The lowest BCUT2D eigenvalue weighted by Gasteiger charge is -2.14. The third-order valence-electron chi connectivity index (χ3n) is 2.23. The van der Waals surface area contributed by atoms with Crippen LogP contribution in [0.4, 0.5) is 13.6 Å². The number of alkyl halides is 2. The normalized spacial score (nSPS) is 12.2. The Morgan fingerprint density at radius 2 is 2.05 bits per heavy atom. The Hall–Kier alpha value is -1.44. The van der Waals surface area contributed by atoms with E-state index in [4.69, 9.17) is 5.11 Å². The minimum atomic E-state index is -2.54. The number of rotatable bonds is 10. The van der Waals surface area contributed by atoms with E-state index in [1.54, 1.807) is 0 Å². The van der Waals surface area contributed by atoms with Gasteiger partial charge in [0, 0.05) is 6.54 Å². The second-order valence-corrected chi connectivity index (χ2v) is 3.90. The number of halogens is 2. The predicted octanol–water partition coefficient (Wildman–Crippen LogP) is 1.21. The van der Waals surface area contributed by atoms with E-state index in [-0.39, 0.29) is 13.2 Å². The largest absolute Gasteiger partial charge is 0.480 e. The molecule has 0 heterocycles. The molecule has 0 aromatic rings. The minimum Gasteiger partial charge on any atom is -0.480 e. The first kappa shape index (κ1) is 17.6. The number of carboxylic acids is 1. The van der Waals surface area contributed by atoms with Gasteiger partial charge < -0.3 is 20.5 Å². The van der Waals surface area contributed by atoms with Crippen molar-refractivity contribution in [3.05, 3.63) is 0 Å². The van der Waals surface area contributed by atoms with E-state index in [0.29, 0.717) is 12.8 Å². The molecule has 19 heavy (non-hydrogen) atoms. The van der Waals surface area contributed by atoms with Crippen LogP contribution in [0.1, 0.15) is 26.2 Å². The van der Waals surface area contributed by atoms with Gasteiger partial charge in [0.15, 0.2) is 0 Å². The number of hydrogen-bond donors (Lipinski definition) is 3. The third-order valence-corrected chi connectivity index (χ3v) is 2.23. The van der Waals surface area contributed by atoms with Crippen molar-refractivity contribution >= 4 is 12.0 Å². The fourth-order valence-electron chi connectivity index (χ4n) is 1.28. The topological polar surface area (TPSA) is 87.7 Å². The van der Waals surface area contributed by atoms with Crippen molar-refractivity contribution in [3.63, 3.8) is 0 Å². The second-order valence-electron chi connectivity index (χ2n) is 3.90. The standard InChI is InChI=1S/C11H20F2N2O4/c1-2-3-4-8(10(16)17)15-11(18)14-5-6-19-7-9(12)13/h8-9H,2-7H2,1H3,(H,16,17)(H2,14,15,18)/t8-/m0/s1. The molecule has 0 saturated heterocycles. The number of urea groups is 1. The van der Waals surface area contributed by atoms with Gasteiger partial charge in [0.2, 0.25) is 0 Å². The highest BCUT2D eigenvalue weighted by molar-refractivity contribution is 5.82. The Kier molecular flexibility index (Phi) is 9.69. The molecular formula is C11H20F2N2O4. The molecule has 0 aliphatic carbocycles. The lowest BCUT2D eigenvalue weighted by atomic mass is 10.1. The summed E-state index contributed by atoms with van der Waals surface area (Å²) in [6.45, 7) is 1.22. The Balaban J connectivity index is 3.77. The van der Waals surface area contributed by atoms with Crippen LogP contribution in [0, 0.1) is 0 Å². The number of carboxylic acid groups (broad SMARTS) is 1. The lowest BCUT2D eigenvalue weighted by molar-refractivity contribution is -0.139. The number of unbranched alkanes of at least 4 members (excludes halogenated alkanes) is 1. The van der Waals surface area contributed by atoms with Crippen molar-refractivity contribution in [2.24, 2.45) is 0 Å². The predicted molar refractivity (Wildman–Crippen MR) is 64.3 cm³/mol. The molecule has 0 aliphatic heterocycles. The number of carbonyl (C=O) groups excluding carboxylic acids is 1. The SMILES string of the molecule is CCCC[C@H](NC(=O)NCCOCC(F)F)C(=O)O. The number of amides is 2. The summed E-state index contributed by atoms with van der Waals surface area (Å²) in [5.74, 6) is -1.10. The number of hydrogen-bond acceptors (Lipinski definition) is 3. The Labute approximate surface area is 110 Å². The summed E-state index contributed by atoms with van der Waals surface area (Å²) in [7, 11) is 0. The van der Waals surface area contributed by atoms with Gasteiger partial charge in [-0.3, -0.25) is 0 Å². The van der Waals surface area contributed by atoms with Gasteiger partial charge in [-0.05, 0) is 6.42 Å². The van der Waals surface area contributed by atoms with E-state index in [9.17, 15) is 18.4 Å². The van der Waals surface area contributed by atoms with Crippen molar-refractivity contribution in [2.45, 2.75) is 38.7 Å². The van der Waals surface area contributed by atoms with Crippen molar-refractivity contribution in [1.82, 2.24) is 10.6 Å². The van der Waals surface area contributed by atoms with Crippen LogP contribution in [-0.2, 0) is 9.53 Å².